The van der Waals surface area contributed by atoms with Crippen LogP contribution in [0.4, 0.5) is 50.7 Å². The highest BCUT2D eigenvalue weighted by atomic mass is 32.1. The molecule has 2 N–H and O–H groups in total. The fourth-order valence-electron chi connectivity index (χ4n) is 8.71. The number of nitriles is 1. The number of aromatic nitrogens is 2. The molecule has 294 valence electrons. The van der Waals surface area contributed by atoms with Crippen molar-refractivity contribution in [2.75, 3.05) is 50.5 Å². The first-order valence-corrected chi connectivity index (χ1v) is 18.3. The van der Waals surface area contributed by atoms with Crippen LogP contribution >= 0.6 is 11.3 Å². The second-order valence-corrected chi connectivity index (χ2v) is 15.1. The molecule has 3 aliphatic rings. The molecule has 55 heavy (non-hydrogen) atoms. The van der Waals surface area contributed by atoms with Gasteiger partial charge in [0.25, 0.3) is 0 Å². The minimum Gasteiger partial charge on any atom is -0.461 e. The van der Waals surface area contributed by atoms with Gasteiger partial charge in [0.15, 0.2) is 0 Å². The molecule has 7 rings (SSSR count). The Morgan fingerprint density at radius 1 is 1.18 bits per heavy atom. The molecule has 4 aromatic rings. The third kappa shape index (κ3) is 6.40. The molecule has 19 heteroatoms. The zero-order valence-corrected chi connectivity index (χ0v) is 30.6. The Bertz CT molecular complexity index is 2220. The number of amides is 1. The van der Waals surface area contributed by atoms with E-state index >= 15 is 30.7 Å². The second-order valence-electron chi connectivity index (χ2n) is 14.1. The lowest BCUT2D eigenvalue weighted by atomic mass is 9.88. The van der Waals surface area contributed by atoms with Crippen molar-refractivity contribution in [3.63, 3.8) is 0 Å². The van der Waals surface area contributed by atoms with E-state index in [1.165, 1.54) is 16.9 Å². The van der Waals surface area contributed by atoms with Gasteiger partial charge in [-0.3, -0.25) is 4.90 Å². The van der Waals surface area contributed by atoms with Gasteiger partial charge in [-0.2, -0.15) is 41.6 Å². The summed E-state index contributed by atoms with van der Waals surface area (Å²) >= 11 is 0.523. The van der Waals surface area contributed by atoms with Gasteiger partial charge in [-0.05, 0) is 57.4 Å². The van der Waals surface area contributed by atoms with Crippen LogP contribution in [0.15, 0.2) is 18.2 Å². The molecule has 3 fully saturated rings. The van der Waals surface area contributed by atoms with E-state index in [2.05, 4.69) is 9.97 Å². The summed E-state index contributed by atoms with van der Waals surface area (Å²) in [5.41, 5.74) is -1.94. The van der Waals surface area contributed by atoms with Crippen molar-refractivity contribution >= 4 is 49.2 Å². The van der Waals surface area contributed by atoms with Crippen molar-refractivity contribution in [3.8, 4) is 23.2 Å². The number of halogens is 8. The fraction of sp³-hybridized carbons (Fsp3) is 0.500. The molecule has 0 bridgehead atoms. The summed E-state index contributed by atoms with van der Waals surface area (Å²) in [6.45, 7) is 4.06. The number of methoxy groups -OCH3 is 1. The first-order chi connectivity index (χ1) is 25.9. The van der Waals surface area contributed by atoms with Crippen molar-refractivity contribution in [3.05, 3.63) is 40.7 Å². The normalized spacial score (nSPS) is 23.1. The zero-order chi connectivity index (χ0) is 39.8. The minimum absolute atomic E-state index is 0.0273. The van der Waals surface area contributed by atoms with Gasteiger partial charge in [-0.25, -0.2) is 13.6 Å². The molecule has 1 amide bonds. The van der Waals surface area contributed by atoms with Crippen molar-refractivity contribution in [2.24, 2.45) is 0 Å². The van der Waals surface area contributed by atoms with E-state index in [-0.39, 0.29) is 49.9 Å². The van der Waals surface area contributed by atoms with E-state index in [1.807, 2.05) is 4.90 Å². The van der Waals surface area contributed by atoms with E-state index in [0.29, 0.717) is 30.4 Å². The lowest BCUT2D eigenvalue weighted by Crippen LogP contribution is -2.46. The molecule has 4 atom stereocenters. The first-order valence-electron chi connectivity index (χ1n) is 17.5. The standard InChI is InChI=1S/C36H35F8N7O3S/c1-4-50(24-8-11-51(17(24)2)33(52)53-3)31-20-12-22(35(39,40)41)26(19-6-7-23(38)29-25(19)21(14-45)30(46)55-29)27(36(42,43)44)28(20)47-32(48-31)54-16-34-9-5-10-49(34)15-18(37)13-34/h6-7,12,17-18,24H,4-5,8-11,13,15-16,46H2,1-3H3/t17-,18-,24-,34+/m1/s1. The molecule has 5 heterocycles. The third-order valence-electron chi connectivity index (χ3n) is 11.1. The van der Waals surface area contributed by atoms with Crippen molar-refractivity contribution in [1.82, 2.24) is 19.8 Å². The third-order valence-corrected chi connectivity index (χ3v) is 12.1. The number of likely N-dealkylation sites (N-methyl/N-ethyl adjacent to an activating group) is 1. The van der Waals surface area contributed by atoms with Crippen LogP contribution in [0.3, 0.4) is 0 Å². The maximum atomic E-state index is 15.7. The molecule has 3 saturated heterocycles. The highest BCUT2D eigenvalue weighted by Gasteiger charge is 2.50. The highest BCUT2D eigenvalue weighted by molar-refractivity contribution is 7.23. The molecule has 0 unspecified atom stereocenters. The number of alkyl halides is 7. The van der Waals surface area contributed by atoms with Crippen LogP contribution in [0.25, 0.3) is 32.1 Å². The van der Waals surface area contributed by atoms with Gasteiger partial charge in [0.1, 0.15) is 35.5 Å². The van der Waals surface area contributed by atoms with Crippen LogP contribution in [0.5, 0.6) is 6.01 Å². The fourth-order valence-corrected chi connectivity index (χ4v) is 9.66. The molecule has 0 saturated carbocycles. The van der Waals surface area contributed by atoms with Gasteiger partial charge < -0.3 is 25.0 Å². The second kappa shape index (κ2) is 13.8. The van der Waals surface area contributed by atoms with E-state index in [0.717, 1.165) is 18.6 Å². The van der Waals surface area contributed by atoms with Gasteiger partial charge in [0.05, 0.1) is 51.6 Å². The number of benzene rings is 2. The number of hydrogen-bond donors (Lipinski definition) is 1. The number of hydrogen-bond acceptors (Lipinski definition) is 10. The summed E-state index contributed by atoms with van der Waals surface area (Å²) in [5.74, 6) is -1.31. The number of fused-ring (bicyclic) bond motifs is 3. The Labute approximate surface area is 313 Å². The molecule has 0 radical (unpaired) electrons. The molecule has 2 aromatic carbocycles. The number of carbonyl (C=O) groups excluding carboxylic acids is 1. The van der Waals surface area contributed by atoms with Crippen LogP contribution in [0.1, 0.15) is 56.2 Å². The molecule has 2 aromatic heterocycles. The number of nitrogens with zero attached hydrogens (tertiary/aromatic N) is 6. The van der Waals surface area contributed by atoms with Crippen LogP contribution in [0, 0.1) is 17.1 Å². The molecular weight excluding hydrogens is 762 g/mol. The summed E-state index contributed by atoms with van der Waals surface area (Å²) < 4.78 is 133. The molecule has 10 nitrogen and oxygen atoms in total. The predicted molar refractivity (Wildman–Crippen MR) is 188 cm³/mol. The summed E-state index contributed by atoms with van der Waals surface area (Å²) in [6.07, 6.45) is -11.1. The van der Waals surface area contributed by atoms with Gasteiger partial charge >= 0.3 is 24.5 Å². The molecule has 0 spiro atoms. The Hall–Kier alpha value is -4.70. The van der Waals surface area contributed by atoms with E-state index in [1.54, 1.807) is 19.9 Å². The predicted octanol–water partition coefficient (Wildman–Crippen LogP) is 8.15. The number of nitrogens with two attached hydrogens (primary N) is 1. The zero-order valence-electron chi connectivity index (χ0n) is 29.7. The van der Waals surface area contributed by atoms with Crippen LogP contribution in [0.2, 0.25) is 0 Å². The number of ether oxygens (including phenoxy) is 2. The maximum Gasteiger partial charge on any atom is 0.419 e. The summed E-state index contributed by atoms with van der Waals surface area (Å²) in [7, 11) is 1.19. The lowest BCUT2D eigenvalue weighted by molar-refractivity contribution is -0.141. The number of nitrogen functional groups attached to an aromatic ring is 1. The Balaban J connectivity index is 1.54. The van der Waals surface area contributed by atoms with Gasteiger partial charge in [-0.1, -0.05) is 6.07 Å². The lowest BCUT2D eigenvalue weighted by Gasteiger charge is -2.35. The van der Waals surface area contributed by atoms with E-state index in [4.69, 9.17) is 15.2 Å². The van der Waals surface area contributed by atoms with Crippen LogP contribution < -0.4 is 15.4 Å². The molecule has 3 aliphatic heterocycles. The van der Waals surface area contributed by atoms with Crippen molar-refractivity contribution in [1.29, 1.82) is 5.26 Å². The average Bonchev–Trinajstić information content (AvgIpc) is 3.86. The van der Waals surface area contributed by atoms with Crippen molar-refractivity contribution < 1.29 is 49.4 Å². The molecular formula is C36H35F8N7O3S. The van der Waals surface area contributed by atoms with Crippen LogP contribution in [-0.4, -0.2) is 89.6 Å². The number of thiophene rings is 1. The number of rotatable bonds is 7. The van der Waals surface area contributed by atoms with E-state index in [9.17, 15) is 14.4 Å². The minimum atomic E-state index is -5.53. The van der Waals surface area contributed by atoms with Crippen LogP contribution in [-0.2, 0) is 17.1 Å². The number of likely N-dealkylation sites (tertiary alicyclic amines) is 1. The van der Waals surface area contributed by atoms with Crippen molar-refractivity contribution in [2.45, 2.75) is 75.7 Å². The monoisotopic (exact) mass is 797 g/mol. The Kier molecular flexibility index (Phi) is 9.68. The maximum absolute atomic E-state index is 15.7. The summed E-state index contributed by atoms with van der Waals surface area (Å²) in [6, 6.07) is 1.87. The SMILES string of the molecule is CCN(c1nc(OC[C@@]23CCCN2C[C@H](F)C3)nc2c(C(F)(F)F)c(-c3ccc(F)c4sc(N)c(C#N)c34)c(C(F)(F)F)cc12)[C@@H]1CCN(C(=O)OC)[C@@H]1C. The quantitative estimate of drug-likeness (QED) is 0.185. The van der Waals surface area contributed by atoms with E-state index < -0.39 is 103 Å². The molecule has 0 aliphatic carbocycles. The smallest absolute Gasteiger partial charge is 0.419 e. The number of carbonyl (C=O) groups is 1. The topological polar surface area (TPSA) is 121 Å². The van der Waals surface area contributed by atoms with Gasteiger partial charge in [0, 0.05) is 42.4 Å². The first kappa shape index (κ1) is 38.6. The number of anilines is 2. The highest BCUT2D eigenvalue weighted by Crippen LogP contribution is 2.52. The average molecular weight is 798 g/mol. The summed E-state index contributed by atoms with van der Waals surface area (Å²) in [4.78, 5) is 26.0. The summed E-state index contributed by atoms with van der Waals surface area (Å²) in [5, 5.41) is 8.48. The Morgan fingerprint density at radius 2 is 1.93 bits per heavy atom. The Morgan fingerprint density at radius 3 is 2.58 bits per heavy atom. The van der Waals surface area contributed by atoms with Gasteiger partial charge in [0.2, 0.25) is 0 Å². The largest absolute Gasteiger partial charge is 0.461 e. The van der Waals surface area contributed by atoms with Gasteiger partial charge in [-0.15, -0.1) is 11.3 Å².